The summed E-state index contributed by atoms with van der Waals surface area (Å²) >= 11 is 0. The van der Waals surface area contributed by atoms with Gasteiger partial charge in [0.15, 0.2) is 17.2 Å². The predicted octanol–water partition coefficient (Wildman–Crippen LogP) is 4.56. The largest absolute Gasteiger partial charge is 0.488 e. The highest BCUT2D eigenvalue weighted by atomic mass is 32.3. The smallest absolute Gasteiger partial charge is 0.488 e. The summed E-state index contributed by atoms with van der Waals surface area (Å²) in [6.45, 7) is 3.41. The second-order valence-corrected chi connectivity index (χ2v) is 11.4. The minimum atomic E-state index is -5.21. The summed E-state index contributed by atoms with van der Waals surface area (Å²) in [6.07, 6.45) is 5.18. The Kier molecular flexibility index (Phi) is 10.4. The highest BCUT2D eigenvalue weighted by Crippen LogP contribution is 2.31. The van der Waals surface area contributed by atoms with Crippen LogP contribution in [0.3, 0.4) is 0 Å². The Balaban J connectivity index is 1.33. The summed E-state index contributed by atoms with van der Waals surface area (Å²) in [5.41, 5.74) is 2.46. The Labute approximate surface area is 270 Å². The van der Waals surface area contributed by atoms with Crippen LogP contribution in [-0.2, 0) is 16.9 Å². The molecule has 0 bridgehead atoms. The first kappa shape index (κ1) is 33.0. The van der Waals surface area contributed by atoms with Gasteiger partial charge in [-0.3, -0.25) is 9.78 Å². The maximum absolute atomic E-state index is 13.7. The number of amides is 1. The molecule has 1 aromatic carbocycles. The molecule has 4 aromatic rings. The maximum Gasteiger partial charge on any atom is 0.488 e. The van der Waals surface area contributed by atoms with E-state index in [0.29, 0.717) is 60.9 Å². The molecule has 0 radical (unpaired) electrons. The average molecular weight is 665 g/mol. The number of aromatic nitrogens is 3. The maximum atomic E-state index is 13.7. The number of nitrogens with one attached hydrogen (secondary N) is 1. The van der Waals surface area contributed by atoms with Gasteiger partial charge >= 0.3 is 10.5 Å². The molecule has 5 rings (SSSR count). The third-order valence-electron chi connectivity index (χ3n) is 7.22. The first-order chi connectivity index (χ1) is 22.6. The van der Waals surface area contributed by atoms with Crippen molar-refractivity contribution in [2.75, 3.05) is 31.1 Å². The minimum absolute atomic E-state index is 0.0280. The number of nitrogens with zero attached hydrogens (tertiary/aromatic N) is 5. The molecule has 1 aliphatic rings. The van der Waals surface area contributed by atoms with Gasteiger partial charge in [0.2, 0.25) is 5.88 Å². The van der Waals surface area contributed by atoms with Gasteiger partial charge in [0.1, 0.15) is 18.0 Å². The Morgan fingerprint density at radius 1 is 1.15 bits per heavy atom. The van der Waals surface area contributed by atoms with Crippen LogP contribution in [0.1, 0.15) is 41.4 Å². The number of anilines is 1. The molecule has 0 unspecified atom stereocenters. The lowest BCUT2D eigenvalue weighted by atomic mass is 10.0. The zero-order valence-electron chi connectivity index (χ0n) is 25.2. The van der Waals surface area contributed by atoms with E-state index in [1.54, 1.807) is 36.5 Å². The minimum Gasteiger partial charge on any atom is -0.488 e. The van der Waals surface area contributed by atoms with E-state index in [0.717, 1.165) is 6.20 Å². The van der Waals surface area contributed by atoms with Crippen LogP contribution in [0.4, 0.5) is 14.0 Å². The second-order valence-electron chi connectivity index (χ2n) is 10.4. The van der Waals surface area contributed by atoms with Crippen molar-refractivity contribution >= 4 is 22.1 Å². The van der Waals surface area contributed by atoms with E-state index < -0.39 is 22.2 Å². The fraction of sp³-hybridized carbons (Fsp3) is 0.281. The lowest BCUT2D eigenvalue weighted by Gasteiger charge is -2.34. The van der Waals surface area contributed by atoms with E-state index in [1.165, 1.54) is 24.4 Å². The van der Waals surface area contributed by atoms with Crippen LogP contribution in [0.2, 0.25) is 0 Å². The van der Waals surface area contributed by atoms with Crippen LogP contribution in [0.5, 0.6) is 17.4 Å². The van der Waals surface area contributed by atoms with Gasteiger partial charge in [0.25, 0.3) is 5.91 Å². The number of hydrogen-bond donors (Lipinski definition) is 1. The molecular formula is C32H30F2N6O6S. The van der Waals surface area contributed by atoms with Crippen molar-refractivity contribution in [3.63, 3.8) is 0 Å². The van der Waals surface area contributed by atoms with Crippen molar-refractivity contribution in [1.29, 1.82) is 5.26 Å². The van der Waals surface area contributed by atoms with E-state index >= 15 is 0 Å². The average Bonchev–Trinajstić information content (AvgIpc) is 3.05. The fourth-order valence-corrected chi connectivity index (χ4v) is 5.45. The van der Waals surface area contributed by atoms with Crippen molar-refractivity contribution in [2.24, 2.45) is 0 Å². The molecule has 1 aliphatic heterocycles. The van der Waals surface area contributed by atoms with Crippen molar-refractivity contribution in [1.82, 2.24) is 20.3 Å². The zero-order chi connectivity index (χ0) is 33.4. The van der Waals surface area contributed by atoms with Crippen molar-refractivity contribution in [3.8, 4) is 34.7 Å². The lowest BCUT2D eigenvalue weighted by Crippen LogP contribution is -2.39. The lowest BCUT2D eigenvalue weighted by molar-refractivity contribution is 0.0938. The number of nitriles is 1. The summed E-state index contributed by atoms with van der Waals surface area (Å²) in [4.78, 5) is 28.3. The number of piperidine rings is 1. The van der Waals surface area contributed by atoms with Gasteiger partial charge in [-0.25, -0.2) is 14.4 Å². The standard InChI is InChI=1S/C32H30F2N6O6S/c1-2-44-32-26(4-3-12-38-32)27-6-8-29(45-24-10-14-40(15-11-24)28-7-5-23(33)17-22(28)18-35)30(39-27)31(41)37-13-9-21-16-25(20-36-19-21)46-47(34,42)43/h3-8,12,16-17,19-20,24H,2,9-11,13-15H2,1H3,(H,37,41). The van der Waals surface area contributed by atoms with Gasteiger partial charge < -0.3 is 23.9 Å². The highest BCUT2D eigenvalue weighted by molar-refractivity contribution is 7.81. The molecule has 1 N–H and O–H groups in total. The van der Waals surface area contributed by atoms with Crippen LogP contribution in [0.25, 0.3) is 11.3 Å². The van der Waals surface area contributed by atoms with Gasteiger partial charge in [0.05, 0.1) is 35.3 Å². The van der Waals surface area contributed by atoms with E-state index in [9.17, 15) is 26.8 Å². The topological polar surface area (TPSA) is 157 Å². The van der Waals surface area contributed by atoms with E-state index in [4.69, 9.17) is 9.47 Å². The molecule has 12 nitrogen and oxygen atoms in total. The summed E-state index contributed by atoms with van der Waals surface area (Å²) in [5, 5.41) is 12.3. The van der Waals surface area contributed by atoms with Gasteiger partial charge in [-0.05, 0) is 67.4 Å². The van der Waals surface area contributed by atoms with E-state index in [1.807, 2.05) is 17.9 Å². The molecule has 1 saturated heterocycles. The molecular weight excluding hydrogens is 634 g/mol. The number of benzene rings is 1. The monoisotopic (exact) mass is 664 g/mol. The molecule has 15 heteroatoms. The summed E-state index contributed by atoms with van der Waals surface area (Å²) < 4.78 is 64.5. The SMILES string of the molecule is CCOc1ncccc1-c1ccc(OC2CCN(c3ccc(F)cc3C#N)CC2)c(C(=O)NCCc2cncc(OS(=O)(=O)F)c2)n1. The summed E-state index contributed by atoms with van der Waals surface area (Å²) in [6, 6.07) is 14.4. The van der Waals surface area contributed by atoms with Gasteiger partial charge in [-0.1, -0.05) is 3.89 Å². The van der Waals surface area contributed by atoms with E-state index in [-0.39, 0.29) is 41.8 Å². The molecule has 0 aliphatic carbocycles. The first-order valence-corrected chi connectivity index (χ1v) is 16.0. The third kappa shape index (κ3) is 8.67. The molecule has 0 atom stereocenters. The Hall–Kier alpha value is -5.36. The molecule has 244 valence electrons. The number of hydrogen-bond acceptors (Lipinski definition) is 11. The Bertz CT molecular complexity index is 1900. The first-order valence-electron chi connectivity index (χ1n) is 14.7. The highest BCUT2D eigenvalue weighted by Gasteiger charge is 2.26. The van der Waals surface area contributed by atoms with Gasteiger partial charge in [-0.15, -0.1) is 0 Å². The quantitative estimate of drug-likeness (QED) is 0.212. The zero-order valence-corrected chi connectivity index (χ0v) is 26.0. The van der Waals surface area contributed by atoms with E-state index in [2.05, 4.69) is 24.5 Å². The number of halogens is 2. The summed E-state index contributed by atoms with van der Waals surface area (Å²) in [7, 11) is -5.21. The normalized spacial score (nSPS) is 13.4. The Morgan fingerprint density at radius 3 is 2.70 bits per heavy atom. The summed E-state index contributed by atoms with van der Waals surface area (Å²) in [5.74, 6) is -0.680. The number of ether oxygens (including phenoxy) is 2. The van der Waals surface area contributed by atoms with Gasteiger partial charge in [0, 0.05) is 44.9 Å². The second kappa shape index (κ2) is 14.8. The number of pyridine rings is 3. The molecule has 1 amide bonds. The predicted molar refractivity (Wildman–Crippen MR) is 167 cm³/mol. The van der Waals surface area contributed by atoms with Crippen molar-refractivity contribution in [3.05, 3.63) is 89.8 Å². The molecule has 0 saturated carbocycles. The van der Waals surface area contributed by atoms with Crippen LogP contribution in [0, 0.1) is 17.1 Å². The van der Waals surface area contributed by atoms with Crippen molar-refractivity contribution < 1.29 is 35.1 Å². The fourth-order valence-electron chi connectivity index (χ4n) is 5.12. The van der Waals surface area contributed by atoms with Crippen LogP contribution < -0.4 is 23.9 Å². The molecule has 0 spiro atoms. The van der Waals surface area contributed by atoms with Crippen LogP contribution in [0.15, 0.2) is 67.1 Å². The molecule has 47 heavy (non-hydrogen) atoms. The molecule has 4 heterocycles. The number of carbonyl (C=O) groups is 1. The Morgan fingerprint density at radius 2 is 1.96 bits per heavy atom. The number of carbonyl (C=O) groups excluding carboxylic acids is 1. The third-order valence-corrected chi connectivity index (χ3v) is 7.61. The van der Waals surface area contributed by atoms with Crippen LogP contribution in [-0.4, -0.2) is 61.6 Å². The molecule has 1 fully saturated rings. The van der Waals surface area contributed by atoms with Gasteiger partial charge in [-0.2, -0.15) is 13.7 Å². The van der Waals surface area contributed by atoms with Crippen molar-refractivity contribution in [2.45, 2.75) is 32.3 Å². The van der Waals surface area contributed by atoms with Crippen LogP contribution >= 0.6 is 0 Å². The number of rotatable bonds is 12. The molecule has 3 aromatic heterocycles.